The number of benzene rings is 1. The van der Waals surface area contributed by atoms with E-state index in [4.69, 9.17) is 10.7 Å². The Balaban J connectivity index is 1.93. The first kappa shape index (κ1) is 13.3. The number of hydrogen-bond donors (Lipinski definition) is 1. The number of rotatable bonds is 2. The zero-order valence-corrected chi connectivity index (χ0v) is 12.5. The number of imidazole rings is 1. The Bertz CT molecular complexity index is 689. The molecular weight excluding hydrogens is 265 g/mol. The van der Waals surface area contributed by atoms with Crippen LogP contribution in [0, 0.1) is 5.82 Å². The van der Waals surface area contributed by atoms with Crippen molar-refractivity contribution in [3.8, 4) is 0 Å². The van der Waals surface area contributed by atoms with Gasteiger partial charge in [0.15, 0.2) is 0 Å². The first-order chi connectivity index (χ1) is 10.1. The van der Waals surface area contributed by atoms with Gasteiger partial charge in [-0.05, 0) is 37.8 Å². The Labute approximate surface area is 124 Å². The summed E-state index contributed by atoms with van der Waals surface area (Å²) in [4.78, 5) is 4.82. The van der Waals surface area contributed by atoms with Crippen molar-refractivity contribution in [2.75, 3.05) is 0 Å². The highest BCUT2D eigenvalue weighted by atomic mass is 19.1. The van der Waals surface area contributed by atoms with Crippen LogP contribution in [0.2, 0.25) is 0 Å². The minimum Gasteiger partial charge on any atom is -0.327 e. The summed E-state index contributed by atoms with van der Waals surface area (Å²) < 4.78 is 15.9. The summed E-state index contributed by atoms with van der Waals surface area (Å²) in [5, 5.41) is 0. The molecule has 0 radical (unpaired) electrons. The lowest BCUT2D eigenvalue weighted by Gasteiger charge is -2.39. The minimum absolute atomic E-state index is 0.0870. The normalized spacial score (nSPS) is 30.0. The van der Waals surface area contributed by atoms with Crippen molar-refractivity contribution < 1.29 is 4.39 Å². The summed E-state index contributed by atoms with van der Waals surface area (Å²) in [6.07, 6.45) is 6.93. The number of nitrogens with two attached hydrogens (primary N) is 1. The van der Waals surface area contributed by atoms with Crippen LogP contribution in [0.25, 0.3) is 11.0 Å². The van der Waals surface area contributed by atoms with E-state index in [0.717, 1.165) is 29.7 Å². The van der Waals surface area contributed by atoms with Gasteiger partial charge in [-0.3, -0.25) is 0 Å². The van der Waals surface area contributed by atoms with Gasteiger partial charge >= 0.3 is 0 Å². The van der Waals surface area contributed by atoms with Crippen LogP contribution in [-0.4, -0.2) is 15.6 Å². The predicted molar refractivity (Wildman–Crippen MR) is 81.8 cm³/mol. The highest BCUT2D eigenvalue weighted by Gasteiger charge is 2.42. The van der Waals surface area contributed by atoms with Crippen LogP contribution in [0.15, 0.2) is 18.2 Å². The van der Waals surface area contributed by atoms with E-state index in [9.17, 15) is 4.39 Å². The van der Waals surface area contributed by atoms with Crippen molar-refractivity contribution in [3.63, 3.8) is 0 Å². The number of aromatic nitrogens is 2. The van der Waals surface area contributed by atoms with Crippen molar-refractivity contribution in [1.29, 1.82) is 0 Å². The molecule has 1 heterocycles. The minimum atomic E-state index is -0.215. The van der Waals surface area contributed by atoms with Gasteiger partial charge in [0.1, 0.15) is 11.6 Å². The SMILES string of the molecule is CC1(c2nc3cc(F)ccc3n2C2CC2)CCCCC1N. The van der Waals surface area contributed by atoms with Gasteiger partial charge in [-0.2, -0.15) is 0 Å². The molecule has 0 aliphatic heterocycles. The second-order valence-electron chi connectivity index (χ2n) is 6.94. The lowest BCUT2D eigenvalue weighted by atomic mass is 9.71. The van der Waals surface area contributed by atoms with Crippen molar-refractivity contribution >= 4 is 11.0 Å². The van der Waals surface area contributed by atoms with Crippen LogP contribution in [0.3, 0.4) is 0 Å². The second kappa shape index (κ2) is 4.54. The third-order valence-electron chi connectivity index (χ3n) is 5.35. The largest absolute Gasteiger partial charge is 0.327 e. The number of hydrogen-bond acceptors (Lipinski definition) is 2. The number of fused-ring (bicyclic) bond motifs is 1. The molecule has 0 saturated heterocycles. The van der Waals surface area contributed by atoms with E-state index in [2.05, 4.69) is 11.5 Å². The highest BCUT2D eigenvalue weighted by Crippen LogP contribution is 2.45. The summed E-state index contributed by atoms with van der Waals surface area (Å²) >= 11 is 0. The molecule has 2 atom stereocenters. The molecule has 2 fully saturated rings. The van der Waals surface area contributed by atoms with Crippen LogP contribution in [0.4, 0.5) is 4.39 Å². The average molecular weight is 287 g/mol. The van der Waals surface area contributed by atoms with E-state index < -0.39 is 0 Å². The van der Waals surface area contributed by atoms with Crippen LogP contribution in [-0.2, 0) is 5.41 Å². The predicted octanol–water partition coefficient (Wildman–Crippen LogP) is 3.67. The standard InChI is InChI=1S/C17H22FN3/c1-17(9-3-2-4-15(17)19)16-20-13-10-11(18)5-8-14(13)21(16)12-6-7-12/h5,8,10,12,15H,2-4,6-7,9,19H2,1H3. The van der Waals surface area contributed by atoms with Gasteiger partial charge in [-0.25, -0.2) is 9.37 Å². The van der Waals surface area contributed by atoms with E-state index in [0.29, 0.717) is 6.04 Å². The Morgan fingerprint density at radius 3 is 2.81 bits per heavy atom. The Hall–Kier alpha value is -1.42. The van der Waals surface area contributed by atoms with Gasteiger partial charge in [0.2, 0.25) is 0 Å². The van der Waals surface area contributed by atoms with Crippen molar-refractivity contribution in [2.45, 2.75) is 62.9 Å². The third kappa shape index (κ3) is 2.00. The topological polar surface area (TPSA) is 43.8 Å². The molecule has 1 aromatic heterocycles. The first-order valence-electron chi connectivity index (χ1n) is 8.03. The highest BCUT2D eigenvalue weighted by molar-refractivity contribution is 5.76. The molecule has 4 heteroatoms. The van der Waals surface area contributed by atoms with Gasteiger partial charge in [0, 0.05) is 23.6 Å². The summed E-state index contributed by atoms with van der Waals surface area (Å²) in [6, 6.07) is 5.63. The number of nitrogens with zero attached hydrogens (tertiary/aromatic N) is 2. The van der Waals surface area contributed by atoms with E-state index in [1.807, 2.05) is 6.07 Å². The molecule has 2 aliphatic carbocycles. The van der Waals surface area contributed by atoms with Gasteiger partial charge in [0.25, 0.3) is 0 Å². The van der Waals surface area contributed by atoms with Crippen molar-refractivity contribution in [1.82, 2.24) is 9.55 Å². The molecule has 0 bridgehead atoms. The molecule has 112 valence electrons. The van der Waals surface area contributed by atoms with Gasteiger partial charge in [-0.1, -0.05) is 19.8 Å². The van der Waals surface area contributed by atoms with E-state index in [-0.39, 0.29) is 17.3 Å². The monoisotopic (exact) mass is 287 g/mol. The third-order valence-corrected chi connectivity index (χ3v) is 5.35. The molecule has 21 heavy (non-hydrogen) atoms. The Morgan fingerprint density at radius 2 is 2.10 bits per heavy atom. The molecule has 2 aliphatic rings. The molecular formula is C17H22FN3. The molecule has 2 saturated carbocycles. The molecule has 3 nitrogen and oxygen atoms in total. The van der Waals surface area contributed by atoms with Crippen molar-refractivity contribution in [2.24, 2.45) is 5.73 Å². The fourth-order valence-electron chi connectivity index (χ4n) is 3.82. The maximum atomic E-state index is 13.5. The van der Waals surface area contributed by atoms with Gasteiger partial charge < -0.3 is 10.3 Å². The van der Waals surface area contributed by atoms with E-state index >= 15 is 0 Å². The summed E-state index contributed by atoms with van der Waals surface area (Å²) in [5.74, 6) is 0.866. The molecule has 2 aromatic rings. The molecule has 2 N–H and O–H groups in total. The maximum absolute atomic E-state index is 13.5. The summed E-state index contributed by atoms with van der Waals surface area (Å²) in [6.45, 7) is 2.24. The molecule has 2 unspecified atom stereocenters. The number of halogens is 1. The van der Waals surface area contributed by atoms with E-state index in [1.165, 1.54) is 31.7 Å². The van der Waals surface area contributed by atoms with Gasteiger partial charge in [0.05, 0.1) is 11.0 Å². The molecule has 0 spiro atoms. The summed E-state index contributed by atoms with van der Waals surface area (Å²) in [5.41, 5.74) is 8.21. The Kier molecular flexibility index (Phi) is 2.86. The fraction of sp³-hybridized carbons (Fsp3) is 0.588. The van der Waals surface area contributed by atoms with Crippen LogP contribution >= 0.6 is 0 Å². The second-order valence-corrected chi connectivity index (χ2v) is 6.94. The van der Waals surface area contributed by atoms with Crippen LogP contribution in [0.1, 0.15) is 57.3 Å². The maximum Gasteiger partial charge on any atom is 0.125 e. The average Bonchev–Trinajstić information content (AvgIpc) is 3.22. The van der Waals surface area contributed by atoms with E-state index in [1.54, 1.807) is 6.07 Å². The van der Waals surface area contributed by atoms with Crippen LogP contribution in [0.5, 0.6) is 0 Å². The first-order valence-corrected chi connectivity index (χ1v) is 8.03. The lowest BCUT2D eigenvalue weighted by molar-refractivity contribution is 0.252. The zero-order chi connectivity index (χ0) is 14.6. The zero-order valence-electron chi connectivity index (χ0n) is 12.5. The smallest absolute Gasteiger partial charge is 0.125 e. The molecule has 0 amide bonds. The fourth-order valence-corrected chi connectivity index (χ4v) is 3.82. The molecule has 1 aromatic carbocycles. The van der Waals surface area contributed by atoms with Crippen molar-refractivity contribution in [3.05, 3.63) is 29.8 Å². The molecule has 4 rings (SSSR count). The summed E-state index contributed by atoms with van der Waals surface area (Å²) in [7, 11) is 0. The lowest BCUT2D eigenvalue weighted by Crippen LogP contribution is -2.47. The Morgan fingerprint density at radius 1 is 1.29 bits per heavy atom. The quantitative estimate of drug-likeness (QED) is 0.916. The van der Waals surface area contributed by atoms with Crippen LogP contribution < -0.4 is 5.73 Å². The van der Waals surface area contributed by atoms with Gasteiger partial charge in [-0.15, -0.1) is 0 Å².